The third kappa shape index (κ3) is 6.44. The fraction of sp³-hybridized carbons (Fsp3) is 0.333. The maximum absolute atomic E-state index is 12.7. The molecule has 0 spiro atoms. The van der Waals surface area contributed by atoms with Gasteiger partial charge in [0.05, 0.1) is 16.2 Å². The van der Waals surface area contributed by atoms with E-state index in [1.54, 1.807) is 24.3 Å². The van der Waals surface area contributed by atoms with Gasteiger partial charge in [0.15, 0.2) is 9.84 Å². The summed E-state index contributed by atoms with van der Waals surface area (Å²) < 4.78 is 92.4. The van der Waals surface area contributed by atoms with Gasteiger partial charge in [-0.1, -0.05) is 29.8 Å². The summed E-state index contributed by atoms with van der Waals surface area (Å²) in [5.41, 5.74) is 1.34. The van der Waals surface area contributed by atoms with Gasteiger partial charge in [-0.3, -0.25) is 0 Å². The highest BCUT2D eigenvalue weighted by Gasteiger charge is 2.33. The van der Waals surface area contributed by atoms with Gasteiger partial charge in [0.25, 0.3) is 0 Å². The first kappa shape index (κ1) is 23.2. The van der Waals surface area contributed by atoms with Crippen LogP contribution in [0.2, 0.25) is 0 Å². The molecule has 2 aromatic carbocycles. The number of nitrogens with one attached hydrogen (secondary N) is 1. The molecule has 0 saturated heterocycles. The molecule has 2 aromatic rings. The lowest BCUT2D eigenvalue weighted by atomic mass is 10.0. The van der Waals surface area contributed by atoms with Gasteiger partial charge in [-0.15, -0.1) is 13.2 Å². The average Bonchev–Trinajstić information content (AvgIpc) is 2.58. The van der Waals surface area contributed by atoms with Crippen molar-refractivity contribution in [3.05, 3.63) is 59.7 Å². The van der Waals surface area contributed by atoms with E-state index < -0.39 is 43.3 Å². The van der Waals surface area contributed by atoms with Crippen molar-refractivity contribution in [3.63, 3.8) is 0 Å². The molecule has 0 radical (unpaired) electrons. The molecule has 2 atom stereocenters. The Labute approximate surface area is 167 Å². The summed E-state index contributed by atoms with van der Waals surface area (Å²) in [5, 5.41) is -1.09. The number of ether oxygens (including phenoxy) is 1. The molecule has 0 unspecified atom stereocenters. The summed E-state index contributed by atoms with van der Waals surface area (Å²) in [6, 6.07) is 9.19. The van der Waals surface area contributed by atoms with Crippen LogP contribution in [0.4, 0.5) is 13.2 Å². The zero-order chi connectivity index (χ0) is 22.0. The van der Waals surface area contributed by atoms with Gasteiger partial charge < -0.3 is 4.74 Å². The van der Waals surface area contributed by atoms with E-state index in [-0.39, 0.29) is 4.90 Å². The Balaban J connectivity index is 2.37. The molecule has 11 heteroatoms. The Morgan fingerprint density at radius 3 is 1.90 bits per heavy atom. The van der Waals surface area contributed by atoms with E-state index in [9.17, 15) is 30.0 Å². The van der Waals surface area contributed by atoms with Crippen LogP contribution in [-0.4, -0.2) is 34.7 Å². The van der Waals surface area contributed by atoms with Crippen molar-refractivity contribution in [2.45, 2.75) is 36.4 Å². The van der Waals surface area contributed by atoms with E-state index in [1.807, 2.05) is 6.92 Å². The maximum atomic E-state index is 12.7. The second-order valence-corrected chi connectivity index (χ2v) is 10.7. The maximum Gasteiger partial charge on any atom is 0.573 e. The lowest BCUT2D eigenvalue weighted by Gasteiger charge is -2.24. The van der Waals surface area contributed by atoms with E-state index in [4.69, 9.17) is 0 Å². The van der Waals surface area contributed by atoms with Crippen LogP contribution >= 0.6 is 0 Å². The molecular weight excluding hydrogens is 431 g/mol. The van der Waals surface area contributed by atoms with Gasteiger partial charge in [0.2, 0.25) is 10.0 Å². The third-order valence-electron chi connectivity index (χ3n) is 4.23. The van der Waals surface area contributed by atoms with E-state index in [0.717, 1.165) is 36.1 Å². The molecule has 0 aromatic heterocycles. The minimum Gasteiger partial charge on any atom is -0.406 e. The number of rotatable bonds is 7. The van der Waals surface area contributed by atoms with Crippen LogP contribution in [-0.2, 0) is 19.9 Å². The molecule has 0 saturated carbocycles. The number of hydrogen-bond donors (Lipinski definition) is 1. The van der Waals surface area contributed by atoms with Crippen molar-refractivity contribution in [1.29, 1.82) is 0 Å². The number of sulfonamides is 1. The molecule has 0 amide bonds. The summed E-state index contributed by atoms with van der Waals surface area (Å²) in [5.74, 6) is -0.573. The van der Waals surface area contributed by atoms with Crippen molar-refractivity contribution >= 4 is 19.9 Å². The van der Waals surface area contributed by atoms with Gasteiger partial charge in [-0.25, -0.2) is 21.6 Å². The van der Waals surface area contributed by atoms with Crippen molar-refractivity contribution in [2.24, 2.45) is 0 Å². The topological polar surface area (TPSA) is 89.5 Å². The molecule has 6 nitrogen and oxygen atoms in total. The van der Waals surface area contributed by atoms with Crippen LogP contribution < -0.4 is 9.46 Å². The first-order valence-corrected chi connectivity index (χ1v) is 11.8. The quantitative estimate of drug-likeness (QED) is 0.697. The Morgan fingerprint density at radius 1 is 0.931 bits per heavy atom. The van der Waals surface area contributed by atoms with Crippen LogP contribution in [0.15, 0.2) is 53.4 Å². The monoisotopic (exact) mass is 451 g/mol. The largest absolute Gasteiger partial charge is 0.573 e. The van der Waals surface area contributed by atoms with Crippen molar-refractivity contribution in [3.8, 4) is 5.75 Å². The van der Waals surface area contributed by atoms with E-state index in [1.165, 1.54) is 6.92 Å². The lowest BCUT2D eigenvalue weighted by molar-refractivity contribution is -0.274. The first-order valence-electron chi connectivity index (χ1n) is 8.32. The first-order chi connectivity index (χ1) is 13.2. The number of alkyl halides is 3. The van der Waals surface area contributed by atoms with Crippen LogP contribution in [0.25, 0.3) is 0 Å². The Hall–Kier alpha value is -2.11. The average molecular weight is 451 g/mol. The molecule has 2 rings (SSSR count). The molecule has 0 aliphatic carbocycles. The van der Waals surface area contributed by atoms with Crippen molar-refractivity contribution < 1.29 is 34.7 Å². The molecular formula is C18H20F3NO5S2. The van der Waals surface area contributed by atoms with E-state index in [2.05, 4.69) is 9.46 Å². The Bertz CT molecular complexity index is 1050. The number of sulfone groups is 1. The van der Waals surface area contributed by atoms with Crippen LogP contribution in [0.5, 0.6) is 5.75 Å². The second kappa shape index (κ2) is 8.33. The molecule has 0 aliphatic rings. The second-order valence-electron chi connectivity index (χ2n) is 6.56. The van der Waals surface area contributed by atoms with Crippen molar-refractivity contribution in [1.82, 2.24) is 4.72 Å². The van der Waals surface area contributed by atoms with E-state index >= 15 is 0 Å². The molecule has 1 N–H and O–H groups in total. The SMILES string of the molecule is Cc1ccc([C@H](NS(=O)(=O)c2ccc(OC(F)(F)F)cc2)[C@H](C)S(C)(=O)=O)cc1. The lowest BCUT2D eigenvalue weighted by Crippen LogP contribution is -2.38. The molecule has 0 fully saturated rings. The van der Waals surface area contributed by atoms with Crippen molar-refractivity contribution in [2.75, 3.05) is 6.26 Å². The summed E-state index contributed by atoms with van der Waals surface area (Å²) in [4.78, 5) is -0.329. The fourth-order valence-corrected chi connectivity index (χ4v) is 4.62. The third-order valence-corrected chi connectivity index (χ3v) is 7.31. The molecule has 160 valence electrons. The highest BCUT2D eigenvalue weighted by atomic mass is 32.2. The van der Waals surface area contributed by atoms with Gasteiger partial charge in [0.1, 0.15) is 5.75 Å². The number of benzene rings is 2. The summed E-state index contributed by atoms with van der Waals surface area (Å²) in [6.07, 6.45) is -3.91. The highest BCUT2D eigenvalue weighted by Crippen LogP contribution is 2.27. The minimum absolute atomic E-state index is 0.329. The molecule has 29 heavy (non-hydrogen) atoms. The van der Waals surface area contributed by atoms with Gasteiger partial charge in [-0.05, 0) is 43.7 Å². The number of aryl methyl sites for hydroxylation is 1. The summed E-state index contributed by atoms with van der Waals surface area (Å²) >= 11 is 0. The molecule has 0 bridgehead atoms. The number of hydrogen-bond acceptors (Lipinski definition) is 5. The van der Waals surface area contributed by atoms with Crippen LogP contribution in [0.1, 0.15) is 24.1 Å². The summed E-state index contributed by atoms with van der Waals surface area (Å²) in [7, 11) is -7.85. The molecule has 0 heterocycles. The standard InChI is InChI=1S/C18H20F3NO5S2/c1-12-4-6-14(7-5-12)17(13(2)28(3,23)24)22-29(25,26)16-10-8-15(9-11-16)27-18(19,20)21/h4-11,13,17,22H,1-3H3/t13-,17+/m0/s1. The number of halogens is 3. The van der Waals surface area contributed by atoms with Gasteiger partial charge >= 0.3 is 6.36 Å². The van der Waals surface area contributed by atoms with E-state index in [0.29, 0.717) is 5.56 Å². The Kier molecular flexibility index (Phi) is 6.65. The predicted molar refractivity (Wildman–Crippen MR) is 102 cm³/mol. The minimum atomic E-state index is -4.90. The predicted octanol–water partition coefficient (Wildman–Crippen LogP) is 3.35. The smallest absolute Gasteiger partial charge is 0.406 e. The summed E-state index contributed by atoms with van der Waals surface area (Å²) in [6.45, 7) is 3.20. The molecule has 0 aliphatic heterocycles. The Morgan fingerprint density at radius 2 is 1.45 bits per heavy atom. The zero-order valence-corrected chi connectivity index (χ0v) is 17.4. The van der Waals surface area contributed by atoms with Crippen LogP contribution in [0, 0.1) is 6.92 Å². The van der Waals surface area contributed by atoms with Crippen LogP contribution in [0.3, 0.4) is 0 Å². The zero-order valence-electron chi connectivity index (χ0n) is 15.8. The van der Waals surface area contributed by atoms with Gasteiger partial charge in [0, 0.05) is 6.26 Å². The normalized spacial score (nSPS) is 15.0. The fourth-order valence-electron chi connectivity index (χ4n) is 2.51. The van der Waals surface area contributed by atoms with Gasteiger partial charge in [-0.2, -0.15) is 0 Å². The highest BCUT2D eigenvalue weighted by molar-refractivity contribution is 7.91.